The Morgan fingerprint density at radius 1 is 1.29 bits per heavy atom. The Bertz CT molecular complexity index is 706. The van der Waals surface area contributed by atoms with E-state index in [9.17, 15) is 9.18 Å². The van der Waals surface area contributed by atoms with Gasteiger partial charge in [0, 0.05) is 12.2 Å². The monoisotopic (exact) mass is 306 g/mol. The van der Waals surface area contributed by atoms with Crippen LogP contribution >= 0.6 is 11.6 Å². The molecule has 0 aliphatic carbocycles. The molecule has 1 aliphatic heterocycles. The van der Waals surface area contributed by atoms with Gasteiger partial charge in [0.05, 0.1) is 10.7 Å². The molecule has 2 aromatic rings. The van der Waals surface area contributed by atoms with Crippen molar-refractivity contribution in [1.29, 1.82) is 0 Å². The molecule has 1 heterocycles. The molecule has 1 aliphatic rings. The van der Waals surface area contributed by atoms with E-state index in [1.54, 1.807) is 6.07 Å². The number of rotatable bonds is 3. The summed E-state index contributed by atoms with van der Waals surface area (Å²) in [5.41, 5.74) is 2.34. The van der Waals surface area contributed by atoms with Gasteiger partial charge in [0.25, 0.3) is 5.91 Å². The standard InChI is InChI=1S/C15H12ClFN2O2/c16-11-6-10(2-3-12(11)17)18-7-9-1-4-14-13(5-9)19-15(20)8-21-14/h1-6,18H,7-8H2,(H,19,20). The van der Waals surface area contributed by atoms with Crippen molar-refractivity contribution in [3.05, 3.63) is 52.8 Å². The number of hydrogen-bond acceptors (Lipinski definition) is 3. The summed E-state index contributed by atoms with van der Waals surface area (Å²) in [5.74, 6) is 0.0389. The topological polar surface area (TPSA) is 50.4 Å². The maximum Gasteiger partial charge on any atom is 0.262 e. The molecule has 3 rings (SSSR count). The minimum Gasteiger partial charge on any atom is -0.482 e. The number of anilines is 2. The third-order valence-electron chi connectivity index (χ3n) is 3.09. The van der Waals surface area contributed by atoms with Crippen LogP contribution in [0, 0.1) is 5.82 Å². The number of amides is 1. The Morgan fingerprint density at radius 3 is 2.95 bits per heavy atom. The van der Waals surface area contributed by atoms with Gasteiger partial charge in [-0.2, -0.15) is 0 Å². The molecule has 4 nitrogen and oxygen atoms in total. The van der Waals surface area contributed by atoms with Crippen molar-refractivity contribution >= 4 is 28.9 Å². The van der Waals surface area contributed by atoms with Crippen molar-refractivity contribution in [3.63, 3.8) is 0 Å². The highest BCUT2D eigenvalue weighted by Gasteiger charge is 2.15. The Kier molecular flexibility index (Phi) is 3.66. The van der Waals surface area contributed by atoms with Gasteiger partial charge in [-0.3, -0.25) is 4.79 Å². The molecule has 0 saturated carbocycles. The molecular formula is C15H12ClFN2O2. The fourth-order valence-corrected chi connectivity index (χ4v) is 2.23. The lowest BCUT2D eigenvalue weighted by Gasteiger charge is -2.18. The first kappa shape index (κ1) is 13.7. The van der Waals surface area contributed by atoms with Crippen molar-refractivity contribution in [2.45, 2.75) is 6.54 Å². The van der Waals surface area contributed by atoms with Crippen molar-refractivity contribution < 1.29 is 13.9 Å². The van der Waals surface area contributed by atoms with Gasteiger partial charge in [-0.25, -0.2) is 4.39 Å². The number of ether oxygens (including phenoxy) is 1. The number of nitrogens with one attached hydrogen (secondary N) is 2. The second-order valence-corrected chi connectivity index (χ2v) is 5.06. The fourth-order valence-electron chi connectivity index (χ4n) is 2.05. The van der Waals surface area contributed by atoms with Crippen molar-refractivity contribution in [2.24, 2.45) is 0 Å². The van der Waals surface area contributed by atoms with Crippen LogP contribution < -0.4 is 15.4 Å². The number of carbonyl (C=O) groups excluding carboxylic acids is 1. The first-order valence-corrected chi connectivity index (χ1v) is 6.74. The maximum atomic E-state index is 13.1. The zero-order chi connectivity index (χ0) is 14.8. The SMILES string of the molecule is O=C1COc2ccc(CNc3ccc(F)c(Cl)c3)cc2N1. The third-order valence-corrected chi connectivity index (χ3v) is 3.38. The van der Waals surface area contributed by atoms with E-state index in [-0.39, 0.29) is 17.5 Å². The van der Waals surface area contributed by atoms with E-state index in [1.165, 1.54) is 12.1 Å². The van der Waals surface area contributed by atoms with Crippen LogP contribution in [0.25, 0.3) is 0 Å². The average Bonchev–Trinajstić information content (AvgIpc) is 2.48. The third kappa shape index (κ3) is 3.08. The summed E-state index contributed by atoms with van der Waals surface area (Å²) in [6, 6.07) is 10.00. The zero-order valence-corrected chi connectivity index (χ0v) is 11.7. The Hall–Kier alpha value is -2.27. The number of hydrogen-bond donors (Lipinski definition) is 2. The normalized spacial score (nSPS) is 13.1. The first-order chi connectivity index (χ1) is 10.1. The number of benzene rings is 2. The van der Waals surface area contributed by atoms with E-state index in [0.29, 0.717) is 18.0 Å². The van der Waals surface area contributed by atoms with E-state index >= 15 is 0 Å². The molecule has 0 unspecified atom stereocenters. The molecule has 1 amide bonds. The second-order valence-electron chi connectivity index (χ2n) is 4.65. The molecule has 108 valence electrons. The van der Waals surface area contributed by atoms with Gasteiger partial charge in [0.1, 0.15) is 11.6 Å². The molecule has 0 bridgehead atoms. The van der Waals surface area contributed by atoms with Gasteiger partial charge in [-0.15, -0.1) is 0 Å². The Balaban J connectivity index is 1.72. The van der Waals surface area contributed by atoms with Crippen LogP contribution in [0.2, 0.25) is 5.02 Å². The van der Waals surface area contributed by atoms with Gasteiger partial charge in [-0.1, -0.05) is 17.7 Å². The molecular weight excluding hydrogens is 295 g/mol. The lowest BCUT2D eigenvalue weighted by atomic mass is 10.1. The fraction of sp³-hybridized carbons (Fsp3) is 0.133. The van der Waals surface area contributed by atoms with E-state index < -0.39 is 5.82 Å². The van der Waals surface area contributed by atoms with Crippen LogP contribution in [0.4, 0.5) is 15.8 Å². The van der Waals surface area contributed by atoms with Gasteiger partial charge in [0.15, 0.2) is 6.61 Å². The van der Waals surface area contributed by atoms with Crippen molar-refractivity contribution in [2.75, 3.05) is 17.2 Å². The quantitative estimate of drug-likeness (QED) is 0.913. The molecule has 0 aromatic heterocycles. The number of fused-ring (bicyclic) bond motifs is 1. The van der Waals surface area contributed by atoms with Crippen LogP contribution in [-0.2, 0) is 11.3 Å². The molecule has 2 aromatic carbocycles. The molecule has 0 spiro atoms. The highest BCUT2D eigenvalue weighted by atomic mass is 35.5. The predicted molar refractivity (Wildman–Crippen MR) is 79.3 cm³/mol. The van der Waals surface area contributed by atoms with Crippen LogP contribution in [0.15, 0.2) is 36.4 Å². The lowest BCUT2D eigenvalue weighted by molar-refractivity contribution is -0.118. The second kappa shape index (κ2) is 5.61. The summed E-state index contributed by atoms with van der Waals surface area (Å²) < 4.78 is 18.4. The van der Waals surface area contributed by atoms with Crippen molar-refractivity contribution in [1.82, 2.24) is 0 Å². The number of carbonyl (C=O) groups is 1. The van der Waals surface area contributed by atoms with Crippen molar-refractivity contribution in [3.8, 4) is 5.75 Å². The zero-order valence-electron chi connectivity index (χ0n) is 11.0. The van der Waals surface area contributed by atoms with Crippen LogP contribution in [-0.4, -0.2) is 12.5 Å². The summed E-state index contributed by atoms with van der Waals surface area (Å²) in [7, 11) is 0. The predicted octanol–water partition coefficient (Wildman–Crippen LogP) is 3.42. The molecule has 6 heteroatoms. The van der Waals surface area contributed by atoms with E-state index in [4.69, 9.17) is 16.3 Å². The molecule has 0 atom stereocenters. The highest BCUT2D eigenvalue weighted by molar-refractivity contribution is 6.31. The highest BCUT2D eigenvalue weighted by Crippen LogP contribution is 2.29. The molecule has 21 heavy (non-hydrogen) atoms. The first-order valence-electron chi connectivity index (χ1n) is 6.36. The van der Waals surface area contributed by atoms with E-state index in [1.807, 2.05) is 18.2 Å². The lowest BCUT2D eigenvalue weighted by Crippen LogP contribution is -2.25. The van der Waals surface area contributed by atoms with Crippen LogP contribution in [0.1, 0.15) is 5.56 Å². The smallest absolute Gasteiger partial charge is 0.262 e. The van der Waals surface area contributed by atoms with E-state index in [0.717, 1.165) is 11.3 Å². The van der Waals surface area contributed by atoms with Gasteiger partial charge >= 0.3 is 0 Å². The largest absolute Gasteiger partial charge is 0.482 e. The molecule has 0 saturated heterocycles. The summed E-state index contributed by atoms with van der Waals surface area (Å²) in [6.45, 7) is 0.559. The Morgan fingerprint density at radius 2 is 2.14 bits per heavy atom. The number of halogens is 2. The minimum absolute atomic E-state index is 0.0404. The molecule has 0 radical (unpaired) electrons. The summed E-state index contributed by atoms with van der Waals surface area (Å²) >= 11 is 5.73. The average molecular weight is 307 g/mol. The van der Waals surface area contributed by atoms with E-state index in [2.05, 4.69) is 10.6 Å². The summed E-state index contributed by atoms with van der Waals surface area (Å²) in [5, 5.41) is 5.97. The van der Waals surface area contributed by atoms with Crippen LogP contribution in [0.3, 0.4) is 0 Å². The van der Waals surface area contributed by atoms with Gasteiger partial charge < -0.3 is 15.4 Å². The molecule has 0 fully saturated rings. The molecule has 2 N–H and O–H groups in total. The Labute approximate surface area is 125 Å². The summed E-state index contributed by atoms with van der Waals surface area (Å²) in [6.07, 6.45) is 0. The van der Waals surface area contributed by atoms with Gasteiger partial charge in [0.2, 0.25) is 0 Å². The minimum atomic E-state index is -0.448. The maximum absolute atomic E-state index is 13.1. The summed E-state index contributed by atoms with van der Waals surface area (Å²) in [4.78, 5) is 11.3. The van der Waals surface area contributed by atoms with Crippen LogP contribution in [0.5, 0.6) is 5.75 Å². The van der Waals surface area contributed by atoms with Gasteiger partial charge in [-0.05, 0) is 35.9 Å².